The Morgan fingerprint density at radius 1 is 1.71 bits per heavy atom. The average Bonchev–Trinajstić information content (AvgIpc) is 2.35. The Kier molecular flexibility index (Phi) is 4.35. The van der Waals surface area contributed by atoms with Gasteiger partial charge in [-0.15, -0.1) is 11.6 Å². The van der Waals surface area contributed by atoms with Crippen LogP contribution in [0.3, 0.4) is 0 Å². The number of nitriles is 1. The molecule has 0 saturated carbocycles. The zero-order valence-electron chi connectivity index (χ0n) is 8.71. The Balaban J connectivity index is 3.57. The molecule has 1 aromatic heterocycles. The van der Waals surface area contributed by atoms with E-state index in [1.807, 2.05) is 0 Å². The number of alkyl halides is 3. The summed E-state index contributed by atoms with van der Waals surface area (Å²) in [4.78, 5) is 14.8. The standard InChI is InChI=1S/C10H7ClF2N2O2/c1-17-10(16)7-6(3-14)5(2-11)4-15-8(7)9(12)13/h4,9H,2H2,1H3. The topological polar surface area (TPSA) is 63.0 Å². The third kappa shape index (κ3) is 2.50. The van der Waals surface area contributed by atoms with Gasteiger partial charge in [0.2, 0.25) is 0 Å². The van der Waals surface area contributed by atoms with Gasteiger partial charge in [0.25, 0.3) is 6.43 Å². The Morgan fingerprint density at radius 3 is 2.76 bits per heavy atom. The molecule has 0 unspecified atom stereocenters. The molecule has 0 aliphatic rings. The number of halogens is 3. The minimum absolute atomic E-state index is 0.108. The zero-order chi connectivity index (χ0) is 13.0. The van der Waals surface area contributed by atoms with Crippen molar-refractivity contribution in [2.75, 3.05) is 7.11 Å². The minimum atomic E-state index is -2.97. The maximum absolute atomic E-state index is 12.7. The van der Waals surface area contributed by atoms with Crippen molar-refractivity contribution < 1.29 is 18.3 Å². The monoisotopic (exact) mass is 260 g/mol. The third-order valence-electron chi connectivity index (χ3n) is 2.04. The van der Waals surface area contributed by atoms with Crippen molar-refractivity contribution in [3.8, 4) is 6.07 Å². The van der Waals surface area contributed by atoms with Crippen LogP contribution in [0.15, 0.2) is 6.20 Å². The number of pyridine rings is 1. The molecule has 1 rings (SSSR count). The van der Waals surface area contributed by atoms with Crippen LogP contribution in [0.5, 0.6) is 0 Å². The van der Waals surface area contributed by atoms with Gasteiger partial charge < -0.3 is 4.74 Å². The second kappa shape index (κ2) is 5.55. The van der Waals surface area contributed by atoms with Gasteiger partial charge >= 0.3 is 5.97 Å². The minimum Gasteiger partial charge on any atom is -0.465 e. The zero-order valence-corrected chi connectivity index (χ0v) is 9.46. The average molecular weight is 261 g/mol. The molecule has 1 heterocycles. The molecule has 0 atom stereocenters. The van der Waals surface area contributed by atoms with Crippen LogP contribution >= 0.6 is 11.6 Å². The maximum Gasteiger partial charge on any atom is 0.341 e. The maximum atomic E-state index is 12.7. The summed E-state index contributed by atoms with van der Waals surface area (Å²) in [5.74, 6) is -1.14. The summed E-state index contributed by atoms with van der Waals surface area (Å²) in [6, 6.07) is 1.67. The number of ether oxygens (including phenoxy) is 1. The quantitative estimate of drug-likeness (QED) is 0.618. The fourth-order valence-electron chi connectivity index (χ4n) is 1.27. The van der Waals surface area contributed by atoms with Crippen LogP contribution in [0, 0.1) is 11.3 Å². The number of esters is 1. The highest BCUT2D eigenvalue weighted by Gasteiger charge is 2.26. The Morgan fingerprint density at radius 2 is 2.35 bits per heavy atom. The second-order valence-corrected chi connectivity index (χ2v) is 3.22. The van der Waals surface area contributed by atoms with Gasteiger partial charge in [0, 0.05) is 11.8 Å². The van der Waals surface area contributed by atoms with Gasteiger partial charge in [-0.3, -0.25) is 4.98 Å². The Labute approximate surface area is 101 Å². The lowest BCUT2D eigenvalue weighted by atomic mass is 10.0. The normalized spacial score (nSPS) is 10.1. The molecule has 1 aromatic rings. The molecular formula is C10H7ClF2N2O2. The summed E-state index contributed by atoms with van der Waals surface area (Å²) in [5, 5.41) is 8.89. The van der Waals surface area contributed by atoms with Crippen LogP contribution in [0.1, 0.15) is 33.6 Å². The van der Waals surface area contributed by atoms with E-state index in [4.69, 9.17) is 16.9 Å². The van der Waals surface area contributed by atoms with E-state index >= 15 is 0 Å². The van der Waals surface area contributed by atoms with Crippen LogP contribution in [0.25, 0.3) is 0 Å². The van der Waals surface area contributed by atoms with E-state index in [0.29, 0.717) is 0 Å². The highest BCUT2D eigenvalue weighted by molar-refractivity contribution is 6.17. The fraction of sp³-hybridized carbons (Fsp3) is 0.300. The van der Waals surface area contributed by atoms with Crippen molar-refractivity contribution in [3.63, 3.8) is 0 Å². The summed E-state index contributed by atoms with van der Waals surface area (Å²) in [6.07, 6.45) is -1.92. The number of rotatable bonds is 3. The van der Waals surface area contributed by atoms with Gasteiger partial charge in [-0.05, 0) is 0 Å². The molecule has 7 heteroatoms. The largest absolute Gasteiger partial charge is 0.465 e. The highest BCUT2D eigenvalue weighted by atomic mass is 35.5. The van der Waals surface area contributed by atoms with Crippen LogP contribution in [0.2, 0.25) is 0 Å². The first-order chi connectivity index (χ1) is 8.06. The lowest BCUT2D eigenvalue weighted by molar-refractivity contribution is 0.0586. The third-order valence-corrected chi connectivity index (χ3v) is 2.33. The van der Waals surface area contributed by atoms with Gasteiger partial charge in [0.15, 0.2) is 0 Å². The van der Waals surface area contributed by atoms with Gasteiger partial charge in [0.05, 0.1) is 18.6 Å². The first-order valence-electron chi connectivity index (χ1n) is 4.41. The molecule has 0 N–H and O–H groups in total. The van der Waals surface area contributed by atoms with E-state index in [2.05, 4.69) is 9.72 Å². The molecule has 0 amide bonds. The summed E-state index contributed by atoms with van der Waals surface area (Å²) < 4.78 is 29.7. The summed E-state index contributed by atoms with van der Waals surface area (Å²) in [5.41, 5.74) is -1.32. The van der Waals surface area contributed by atoms with Crippen molar-refractivity contribution in [1.29, 1.82) is 5.26 Å². The van der Waals surface area contributed by atoms with Crippen LogP contribution in [-0.4, -0.2) is 18.1 Å². The van der Waals surface area contributed by atoms with E-state index in [1.165, 1.54) is 0 Å². The van der Waals surface area contributed by atoms with Crippen molar-refractivity contribution in [2.24, 2.45) is 0 Å². The smallest absolute Gasteiger partial charge is 0.341 e. The molecule has 0 fully saturated rings. The first kappa shape index (κ1) is 13.3. The molecular weight excluding hydrogens is 254 g/mol. The van der Waals surface area contributed by atoms with Crippen molar-refractivity contribution in [2.45, 2.75) is 12.3 Å². The van der Waals surface area contributed by atoms with Crippen LogP contribution in [0.4, 0.5) is 8.78 Å². The lowest BCUT2D eigenvalue weighted by Crippen LogP contribution is -2.12. The van der Waals surface area contributed by atoms with Gasteiger partial charge in [-0.2, -0.15) is 5.26 Å². The molecule has 4 nitrogen and oxygen atoms in total. The van der Waals surface area contributed by atoms with E-state index < -0.39 is 23.7 Å². The first-order valence-corrected chi connectivity index (χ1v) is 4.94. The number of methoxy groups -OCH3 is 1. The molecule has 0 aliphatic carbocycles. The fourth-order valence-corrected chi connectivity index (χ4v) is 1.47. The molecule has 0 aliphatic heterocycles. The summed E-state index contributed by atoms with van der Waals surface area (Å²) in [7, 11) is 1.03. The van der Waals surface area contributed by atoms with Gasteiger partial charge in [-0.1, -0.05) is 0 Å². The van der Waals surface area contributed by atoms with E-state index in [0.717, 1.165) is 13.3 Å². The molecule has 0 radical (unpaired) electrons. The van der Waals surface area contributed by atoms with E-state index in [-0.39, 0.29) is 17.0 Å². The van der Waals surface area contributed by atoms with Gasteiger partial charge in [-0.25, -0.2) is 13.6 Å². The number of aromatic nitrogens is 1. The SMILES string of the molecule is COC(=O)c1c(C(F)F)ncc(CCl)c1C#N. The molecule has 0 aromatic carbocycles. The van der Waals surface area contributed by atoms with E-state index in [1.54, 1.807) is 6.07 Å². The predicted octanol–water partition coefficient (Wildman–Crippen LogP) is 2.42. The second-order valence-electron chi connectivity index (χ2n) is 2.96. The Bertz CT molecular complexity index is 486. The molecule has 0 saturated heterocycles. The lowest BCUT2D eigenvalue weighted by Gasteiger charge is -2.10. The van der Waals surface area contributed by atoms with Gasteiger partial charge in [0.1, 0.15) is 17.3 Å². The molecule has 90 valence electrons. The molecule has 0 bridgehead atoms. The number of nitrogens with zero attached hydrogens (tertiary/aromatic N) is 2. The summed E-state index contributed by atoms with van der Waals surface area (Å²) in [6.45, 7) is 0. The number of carbonyl (C=O) groups is 1. The molecule has 17 heavy (non-hydrogen) atoms. The van der Waals surface area contributed by atoms with Crippen LogP contribution in [-0.2, 0) is 10.6 Å². The summed E-state index contributed by atoms with van der Waals surface area (Å²) >= 11 is 5.53. The van der Waals surface area contributed by atoms with Crippen LogP contribution < -0.4 is 0 Å². The number of hydrogen-bond donors (Lipinski definition) is 0. The van der Waals surface area contributed by atoms with Crippen molar-refractivity contribution in [1.82, 2.24) is 4.98 Å². The van der Waals surface area contributed by atoms with Crippen molar-refractivity contribution >= 4 is 17.6 Å². The Hall–Kier alpha value is -1.74. The number of carbonyl (C=O) groups excluding carboxylic acids is 1. The highest BCUT2D eigenvalue weighted by Crippen LogP contribution is 2.26. The number of hydrogen-bond acceptors (Lipinski definition) is 4. The van der Waals surface area contributed by atoms with Crippen molar-refractivity contribution in [3.05, 3.63) is 28.6 Å². The van der Waals surface area contributed by atoms with E-state index in [9.17, 15) is 13.6 Å². The predicted molar refractivity (Wildman–Crippen MR) is 54.8 cm³/mol. The molecule has 0 spiro atoms.